The van der Waals surface area contributed by atoms with Crippen LogP contribution in [0.5, 0.6) is 0 Å². The molecule has 0 radical (unpaired) electrons. The van der Waals surface area contributed by atoms with Crippen molar-refractivity contribution in [3.8, 4) is 11.4 Å². The van der Waals surface area contributed by atoms with Gasteiger partial charge in [0, 0.05) is 12.3 Å². The predicted molar refractivity (Wildman–Crippen MR) is 122 cm³/mol. The molecule has 0 aromatic carbocycles. The van der Waals surface area contributed by atoms with Crippen molar-refractivity contribution < 1.29 is 0 Å². The molecule has 160 valence electrons. The van der Waals surface area contributed by atoms with Crippen LogP contribution in [-0.4, -0.2) is 48.5 Å². The topological polar surface area (TPSA) is 67.8 Å². The van der Waals surface area contributed by atoms with Crippen molar-refractivity contribution in [2.24, 2.45) is 0 Å². The molecule has 7 nitrogen and oxygen atoms in total. The fourth-order valence-electron chi connectivity index (χ4n) is 4.64. The average Bonchev–Trinajstić information content (AvgIpc) is 3.22. The van der Waals surface area contributed by atoms with Gasteiger partial charge in [0.05, 0.1) is 28.8 Å². The highest BCUT2D eigenvalue weighted by Gasteiger charge is 2.20. The van der Waals surface area contributed by atoms with E-state index in [1.165, 1.54) is 5.56 Å². The summed E-state index contributed by atoms with van der Waals surface area (Å²) in [6.45, 7) is 9.60. The number of rotatable bonds is 4. The number of aryl methyl sites for hydroxylation is 2. The number of likely N-dealkylation sites (tertiary alicyclic amines) is 1. The number of pyridine rings is 1. The standard InChI is InChI=1S/C24H28N6O/c1-4-19-22-12-21(27-30(22)14-16(3)25-19)20-13-24(31)29-15-18(6-7-23(29)26-20)17-8-10-28(5-2)11-9-17/h6-7,12-15,17H,4-5,8-11H2,1-3H3. The van der Waals surface area contributed by atoms with Gasteiger partial charge >= 0.3 is 0 Å². The van der Waals surface area contributed by atoms with Gasteiger partial charge in [-0.2, -0.15) is 5.10 Å². The lowest BCUT2D eigenvalue weighted by Crippen LogP contribution is -2.32. The van der Waals surface area contributed by atoms with Crippen LogP contribution in [0.2, 0.25) is 0 Å². The van der Waals surface area contributed by atoms with E-state index >= 15 is 0 Å². The van der Waals surface area contributed by atoms with Crippen molar-refractivity contribution in [3.05, 3.63) is 64.0 Å². The minimum absolute atomic E-state index is 0.0741. The first kappa shape index (κ1) is 19.9. The van der Waals surface area contributed by atoms with Crippen molar-refractivity contribution >= 4 is 11.2 Å². The van der Waals surface area contributed by atoms with Gasteiger partial charge in [0.2, 0.25) is 0 Å². The van der Waals surface area contributed by atoms with Gasteiger partial charge in [-0.3, -0.25) is 14.2 Å². The van der Waals surface area contributed by atoms with Gasteiger partial charge in [0.15, 0.2) is 0 Å². The maximum absolute atomic E-state index is 13.0. The molecule has 5 heterocycles. The highest BCUT2D eigenvalue weighted by Crippen LogP contribution is 2.28. The Morgan fingerprint density at radius 3 is 2.58 bits per heavy atom. The number of piperidine rings is 1. The van der Waals surface area contributed by atoms with E-state index in [1.54, 1.807) is 10.5 Å². The van der Waals surface area contributed by atoms with Crippen LogP contribution in [0.3, 0.4) is 0 Å². The van der Waals surface area contributed by atoms with Crippen LogP contribution in [0.15, 0.2) is 41.5 Å². The molecule has 1 fully saturated rings. The molecule has 4 aromatic heterocycles. The molecule has 0 amide bonds. The van der Waals surface area contributed by atoms with Gasteiger partial charge in [-0.15, -0.1) is 0 Å². The molecule has 0 bridgehead atoms. The predicted octanol–water partition coefficient (Wildman–Crippen LogP) is 3.47. The summed E-state index contributed by atoms with van der Waals surface area (Å²) in [7, 11) is 0. The zero-order chi connectivity index (χ0) is 21.5. The highest BCUT2D eigenvalue weighted by atomic mass is 16.1. The molecule has 1 saturated heterocycles. The first-order valence-electron chi connectivity index (χ1n) is 11.2. The van der Waals surface area contributed by atoms with Gasteiger partial charge < -0.3 is 4.90 Å². The lowest BCUT2D eigenvalue weighted by atomic mass is 9.90. The molecular weight excluding hydrogens is 388 g/mol. The monoisotopic (exact) mass is 416 g/mol. The fraction of sp³-hybridized carbons (Fsp3) is 0.417. The van der Waals surface area contributed by atoms with Crippen molar-refractivity contribution in [2.45, 2.75) is 46.0 Å². The van der Waals surface area contributed by atoms with E-state index in [0.29, 0.717) is 23.0 Å². The smallest absolute Gasteiger partial charge is 0.258 e. The minimum Gasteiger partial charge on any atom is -0.304 e. The van der Waals surface area contributed by atoms with Crippen molar-refractivity contribution in [1.82, 2.24) is 28.9 Å². The molecule has 1 aliphatic heterocycles. The molecule has 4 aromatic rings. The number of hydrogen-bond donors (Lipinski definition) is 0. The molecule has 0 aliphatic carbocycles. The van der Waals surface area contributed by atoms with E-state index in [2.05, 4.69) is 34.9 Å². The normalized spacial score (nSPS) is 15.8. The lowest BCUT2D eigenvalue weighted by molar-refractivity contribution is 0.222. The SMILES string of the molecule is CCc1nc(C)cn2nc(-c3cc(=O)n4cc(C5CCN(CC)CC5)ccc4n3)cc12. The summed E-state index contributed by atoms with van der Waals surface area (Å²) in [4.78, 5) is 24.8. The Hall–Kier alpha value is -3.06. The second-order valence-corrected chi connectivity index (χ2v) is 8.42. The molecular formula is C24H28N6O. The first-order valence-corrected chi connectivity index (χ1v) is 11.2. The van der Waals surface area contributed by atoms with Gasteiger partial charge in [-0.1, -0.05) is 19.9 Å². The number of nitrogens with zero attached hydrogens (tertiary/aromatic N) is 6. The highest BCUT2D eigenvalue weighted by molar-refractivity contribution is 5.66. The van der Waals surface area contributed by atoms with E-state index in [4.69, 9.17) is 4.98 Å². The van der Waals surface area contributed by atoms with Crippen LogP contribution in [0.25, 0.3) is 22.6 Å². The van der Waals surface area contributed by atoms with Gasteiger partial charge in [0.25, 0.3) is 5.56 Å². The second kappa shape index (κ2) is 7.89. The number of hydrogen-bond acceptors (Lipinski definition) is 5. The van der Waals surface area contributed by atoms with E-state index in [0.717, 1.165) is 55.8 Å². The second-order valence-electron chi connectivity index (χ2n) is 8.42. The molecule has 5 rings (SSSR count). The Bertz CT molecular complexity index is 1310. The Morgan fingerprint density at radius 2 is 1.84 bits per heavy atom. The quantitative estimate of drug-likeness (QED) is 0.510. The van der Waals surface area contributed by atoms with Crippen molar-refractivity contribution in [3.63, 3.8) is 0 Å². The summed E-state index contributed by atoms with van der Waals surface area (Å²) in [6, 6.07) is 7.65. The number of aromatic nitrogens is 5. The van der Waals surface area contributed by atoms with Gasteiger partial charge in [-0.05, 0) is 69.4 Å². The Balaban J connectivity index is 1.52. The maximum atomic E-state index is 13.0. The summed E-state index contributed by atoms with van der Waals surface area (Å²) >= 11 is 0. The minimum atomic E-state index is -0.0741. The molecule has 0 saturated carbocycles. The van der Waals surface area contributed by atoms with E-state index in [9.17, 15) is 4.79 Å². The van der Waals surface area contributed by atoms with Crippen LogP contribution in [0, 0.1) is 6.92 Å². The Labute approximate surface area is 181 Å². The average molecular weight is 417 g/mol. The molecule has 0 spiro atoms. The third kappa shape index (κ3) is 3.63. The van der Waals surface area contributed by atoms with Crippen LogP contribution < -0.4 is 5.56 Å². The Morgan fingerprint density at radius 1 is 1.03 bits per heavy atom. The van der Waals surface area contributed by atoms with Crippen molar-refractivity contribution in [2.75, 3.05) is 19.6 Å². The summed E-state index contributed by atoms with van der Waals surface area (Å²) in [5.74, 6) is 0.500. The lowest BCUT2D eigenvalue weighted by Gasteiger charge is -2.31. The molecule has 0 N–H and O–H groups in total. The van der Waals surface area contributed by atoms with Crippen LogP contribution in [0.4, 0.5) is 0 Å². The van der Waals surface area contributed by atoms with Crippen LogP contribution in [-0.2, 0) is 6.42 Å². The third-order valence-corrected chi connectivity index (χ3v) is 6.44. The Kier molecular flexibility index (Phi) is 5.06. The van der Waals surface area contributed by atoms with Gasteiger partial charge in [-0.25, -0.2) is 9.50 Å². The third-order valence-electron chi connectivity index (χ3n) is 6.44. The van der Waals surface area contributed by atoms with Crippen molar-refractivity contribution in [1.29, 1.82) is 0 Å². The molecule has 1 aliphatic rings. The summed E-state index contributed by atoms with van der Waals surface area (Å²) in [5.41, 5.74) is 5.96. The maximum Gasteiger partial charge on any atom is 0.258 e. The number of fused-ring (bicyclic) bond motifs is 2. The van der Waals surface area contributed by atoms with Crippen LogP contribution >= 0.6 is 0 Å². The van der Waals surface area contributed by atoms with E-state index < -0.39 is 0 Å². The molecule has 7 heteroatoms. The largest absolute Gasteiger partial charge is 0.304 e. The summed E-state index contributed by atoms with van der Waals surface area (Å²) in [5, 5.41) is 4.67. The zero-order valence-corrected chi connectivity index (χ0v) is 18.4. The van der Waals surface area contributed by atoms with Gasteiger partial charge in [0.1, 0.15) is 11.3 Å². The zero-order valence-electron chi connectivity index (χ0n) is 18.4. The van der Waals surface area contributed by atoms with Crippen LogP contribution in [0.1, 0.15) is 49.6 Å². The fourth-order valence-corrected chi connectivity index (χ4v) is 4.64. The summed E-state index contributed by atoms with van der Waals surface area (Å²) in [6.07, 6.45) is 6.97. The van der Waals surface area contributed by atoms with E-state index in [-0.39, 0.29) is 5.56 Å². The van der Waals surface area contributed by atoms with E-state index in [1.807, 2.05) is 36.0 Å². The molecule has 31 heavy (non-hydrogen) atoms. The molecule has 0 unspecified atom stereocenters. The molecule has 0 atom stereocenters. The first-order chi connectivity index (χ1) is 15.1. The summed E-state index contributed by atoms with van der Waals surface area (Å²) < 4.78 is 3.51.